The van der Waals surface area contributed by atoms with Crippen LogP contribution in [0.15, 0.2) is 117 Å². The summed E-state index contributed by atoms with van der Waals surface area (Å²) in [7, 11) is 0. The number of benzene rings is 4. The van der Waals surface area contributed by atoms with Crippen molar-refractivity contribution in [1.82, 2.24) is 4.98 Å². The van der Waals surface area contributed by atoms with Crippen LogP contribution in [-0.2, 0) is 5.41 Å². The molecule has 0 saturated carbocycles. The second-order valence-electron chi connectivity index (χ2n) is 9.60. The molecule has 0 bridgehead atoms. The van der Waals surface area contributed by atoms with Gasteiger partial charge in [-0.2, -0.15) is 0 Å². The number of fused-ring (bicyclic) bond motifs is 13. The maximum absolute atomic E-state index is 6.72. The fourth-order valence-electron chi connectivity index (χ4n) is 6.41. The molecule has 4 aromatic carbocycles. The van der Waals surface area contributed by atoms with Gasteiger partial charge in [-0.3, -0.25) is 4.99 Å². The zero-order valence-corrected chi connectivity index (χ0v) is 19.1. The molecule has 36 heavy (non-hydrogen) atoms. The molecule has 4 heteroatoms. The van der Waals surface area contributed by atoms with Crippen molar-refractivity contribution < 1.29 is 8.83 Å². The summed E-state index contributed by atoms with van der Waals surface area (Å²) in [6.45, 7) is 0. The molecule has 7 aromatic rings. The van der Waals surface area contributed by atoms with Crippen LogP contribution in [0.25, 0.3) is 44.3 Å². The Kier molecular flexibility index (Phi) is 3.20. The first-order valence-electron chi connectivity index (χ1n) is 12.2. The lowest BCUT2D eigenvalue weighted by molar-refractivity contribution is 0.515. The van der Waals surface area contributed by atoms with Crippen LogP contribution in [0.2, 0.25) is 0 Å². The number of aliphatic imine (C=N–C) groups is 1. The van der Waals surface area contributed by atoms with Crippen molar-refractivity contribution in [3.63, 3.8) is 0 Å². The highest BCUT2D eigenvalue weighted by Gasteiger charge is 2.56. The molecule has 168 valence electrons. The molecule has 0 unspecified atom stereocenters. The van der Waals surface area contributed by atoms with Gasteiger partial charge in [0.05, 0.1) is 22.7 Å². The van der Waals surface area contributed by atoms with E-state index in [2.05, 4.69) is 83.8 Å². The minimum Gasteiger partial charge on any atom is -0.459 e. The smallest absolute Gasteiger partial charge is 0.161 e. The summed E-state index contributed by atoms with van der Waals surface area (Å²) in [6.07, 6.45) is 0. The van der Waals surface area contributed by atoms with E-state index in [-0.39, 0.29) is 0 Å². The fraction of sp³-hybridized carbons (Fsp3) is 0.0312. The lowest BCUT2D eigenvalue weighted by Gasteiger charge is -2.34. The summed E-state index contributed by atoms with van der Waals surface area (Å²) in [5, 5.41) is 3.28. The molecule has 0 radical (unpaired) electrons. The Morgan fingerprint density at radius 1 is 0.694 bits per heavy atom. The summed E-state index contributed by atoms with van der Waals surface area (Å²) in [5.41, 5.74) is 8.26. The molecule has 4 nitrogen and oxygen atoms in total. The zero-order chi connectivity index (χ0) is 23.4. The lowest BCUT2D eigenvalue weighted by Crippen LogP contribution is -2.39. The standard InChI is InChI=1S/C32H18N2O2/c1-7-15-24-18(9-1)17-26(35-24)32-21-12-4-6-14-23(21)34-31(32)27-20-11-3-8-16-25(20)36-30(27)29-28(32)19-10-2-5-13-22(19)33-29/h1-17,33H/t32-/m0/s1. The van der Waals surface area contributed by atoms with Crippen molar-refractivity contribution in [2.45, 2.75) is 5.41 Å². The van der Waals surface area contributed by atoms with Crippen LogP contribution in [0, 0.1) is 0 Å². The molecule has 0 fully saturated rings. The molecule has 1 aliphatic heterocycles. The van der Waals surface area contributed by atoms with Crippen LogP contribution in [0.4, 0.5) is 5.69 Å². The van der Waals surface area contributed by atoms with Crippen molar-refractivity contribution in [2.24, 2.45) is 4.99 Å². The van der Waals surface area contributed by atoms with E-state index in [0.717, 1.165) is 78.1 Å². The minimum atomic E-state index is -0.718. The molecular weight excluding hydrogens is 444 g/mol. The summed E-state index contributed by atoms with van der Waals surface area (Å²) >= 11 is 0. The van der Waals surface area contributed by atoms with Gasteiger partial charge in [0.2, 0.25) is 0 Å². The van der Waals surface area contributed by atoms with Gasteiger partial charge in [0, 0.05) is 32.8 Å². The topological polar surface area (TPSA) is 54.4 Å². The summed E-state index contributed by atoms with van der Waals surface area (Å²) in [6, 6.07) is 35.5. The van der Waals surface area contributed by atoms with Crippen molar-refractivity contribution >= 4 is 44.2 Å². The summed E-state index contributed by atoms with van der Waals surface area (Å²) in [4.78, 5) is 9.04. The molecule has 3 aromatic heterocycles. The quantitative estimate of drug-likeness (QED) is 0.268. The van der Waals surface area contributed by atoms with Crippen LogP contribution < -0.4 is 0 Å². The SMILES string of the molecule is c1ccc2c(c1)N=C1c3c(oc4ccccc34)-c3[nH]c4ccccc4c3[C@]12c1cc2ccccc2o1. The highest BCUT2D eigenvalue weighted by Crippen LogP contribution is 2.60. The second kappa shape index (κ2) is 6.23. The monoisotopic (exact) mass is 462 g/mol. The third kappa shape index (κ3) is 2.02. The van der Waals surface area contributed by atoms with Gasteiger partial charge in [-0.15, -0.1) is 0 Å². The van der Waals surface area contributed by atoms with E-state index in [1.807, 2.05) is 24.3 Å². The van der Waals surface area contributed by atoms with E-state index in [9.17, 15) is 0 Å². The van der Waals surface area contributed by atoms with Gasteiger partial charge in [-0.05, 0) is 30.3 Å². The van der Waals surface area contributed by atoms with Crippen molar-refractivity contribution in [3.05, 3.63) is 126 Å². The molecule has 0 amide bonds. The largest absolute Gasteiger partial charge is 0.459 e. The number of furan rings is 2. The van der Waals surface area contributed by atoms with Crippen LogP contribution in [0.1, 0.15) is 22.5 Å². The molecule has 9 rings (SSSR count). The van der Waals surface area contributed by atoms with Crippen LogP contribution in [0.5, 0.6) is 0 Å². The molecule has 1 atom stereocenters. The molecule has 2 aliphatic rings. The maximum Gasteiger partial charge on any atom is 0.161 e. The summed E-state index contributed by atoms with van der Waals surface area (Å²) < 4.78 is 13.3. The predicted molar refractivity (Wildman–Crippen MR) is 142 cm³/mol. The van der Waals surface area contributed by atoms with Gasteiger partial charge in [0.1, 0.15) is 22.3 Å². The van der Waals surface area contributed by atoms with Gasteiger partial charge in [-0.1, -0.05) is 72.8 Å². The van der Waals surface area contributed by atoms with Gasteiger partial charge in [0.15, 0.2) is 5.76 Å². The zero-order valence-electron chi connectivity index (χ0n) is 19.1. The second-order valence-corrected chi connectivity index (χ2v) is 9.60. The van der Waals surface area contributed by atoms with E-state index in [1.54, 1.807) is 0 Å². The predicted octanol–water partition coefficient (Wildman–Crippen LogP) is 8.11. The first-order chi connectivity index (χ1) is 17.8. The maximum atomic E-state index is 6.72. The number of hydrogen-bond acceptors (Lipinski definition) is 3. The normalized spacial score (nSPS) is 17.7. The third-order valence-electron chi connectivity index (χ3n) is 7.83. The van der Waals surface area contributed by atoms with E-state index < -0.39 is 5.41 Å². The Morgan fingerprint density at radius 2 is 1.44 bits per heavy atom. The Hall–Kier alpha value is -4.83. The molecule has 0 spiro atoms. The highest BCUT2D eigenvalue weighted by molar-refractivity contribution is 6.28. The van der Waals surface area contributed by atoms with Crippen LogP contribution in [-0.4, -0.2) is 10.7 Å². The van der Waals surface area contributed by atoms with E-state index in [0.29, 0.717) is 0 Å². The molecule has 1 aliphatic carbocycles. The van der Waals surface area contributed by atoms with E-state index in [1.165, 1.54) is 0 Å². The van der Waals surface area contributed by atoms with E-state index in [4.69, 9.17) is 13.8 Å². The average Bonchev–Trinajstić information content (AvgIpc) is 3.68. The van der Waals surface area contributed by atoms with E-state index >= 15 is 0 Å². The number of nitrogens with one attached hydrogen (secondary N) is 1. The number of nitrogens with zero attached hydrogens (tertiary/aromatic N) is 1. The number of para-hydroxylation sites is 4. The Morgan fingerprint density at radius 3 is 2.36 bits per heavy atom. The number of aromatic amines is 1. The average molecular weight is 463 g/mol. The Labute approximate surface area is 205 Å². The number of rotatable bonds is 1. The number of aromatic nitrogens is 1. The van der Waals surface area contributed by atoms with Gasteiger partial charge >= 0.3 is 0 Å². The molecule has 4 heterocycles. The van der Waals surface area contributed by atoms with Gasteiger partial charge in [-0.25, -0.2) is 0 Å². The fourth-order valence-corrected chi connectivity index (χ4v) is 6.41. The molecule has 1 N–H and O–H groups in total. The number of H-pyrrole nitrogens is 1. The number of hydrogen-bond donors (Lipinski definition) is 1. The van der Waals surface area contributed by atoms with Crippen molar-refractivity contribution in [1.29, 1.82) is 0 Å². The van der Waals surface area contributed by atoms with Crippen LogP contribution in [0.3, 0.4) is 0 Å². The first kappa shape index (κ1) is 18.5. The van der Waals surface area contributed by atoms with Crippen molar-refractivity contribution in [2.75, 3.05) is 0 Å². The van der Waals surface area contributed by atoms with Gasteiger partial charge in [0.25, 0.3) is 0 Å². The highest BCUT2D eigenvalue weighted by atomic mass is 16.3. The molecular formula is C32H18N2O2. The molecule has 0 saturated heterocycles. The Balaban J connectivity index is 1.55. The van der Waals surface area contributed by atoms with Crippen molar-refractivity contribution in [3.8, 4) is 11.5 Å². The van der Waals surface area contributed by atoms with Crippen LogP contribution >= 0.6 is 0 Å². The third-order valence-corrected chi connectivity index (χ3v) is 7.83. The van der Waals surface area contributed by atoms with Gasteiger partial charge < -0.3 is 13.8 Å². The lowest BCUT2D eigenvalue weighted by atomic mass is 9.64. The first-order valence-corrected chi connectivity index (χ1v) is 12.2. The summed E-state index contributed by atoms with van der Waals surface area (Å²) in [5.74, 6) is 1.70. The minimum absolute atomic E-state index is 0.718. The Bertz CT molecular complexity index is 2040.